The topological polar surface area (TPSA) is 43.1 Å². The van der Waals surface area contributed by atoms with Gasteiger partial charge in [0.25, 0.3) is 0 Å². The fourth-order valence-corrected chi connectivity index (χ4v) is 1.95. The van der Waals surface area contributed by atoms with Gasteiger partial charge in [-0.3, -0.25) is 4.79 Å². The Labute approximate surface area is 111 Å². The summed E-state index contributed by atoms with van der Waals surface area (Å²) in [5.41, 5.74) is 5.55. The van der Waals surface area contributed by atoms with Crippen molar-refractivity contribution < 1.29 is 13.6 Å². The predicted molar refractivity (Wildman–Crippen MR) is 68.3 cm³/mol. The molecule has 2 aromatic carbocycles. The van der Waals surface area contributed by atoms with Crippen molar-refractivity contribution in [3.63, 3.8) is 0 Å². The predicted octanol–water partition coefficient (Wildman–Crippen LogP) is 3.54. The number of halogens is 3. The molecule has 2 aromatic rings. The van der Waals surface area contributed by atoms with Crippen LogP contribution in [0.1, 0.15) is 15.9 Å². The minimum atomic E-state index is -0.673. The Morgan fingerprint density at radius 1 is 1.11 bits per heavy atom. The van der Waals surface area contributed by atoms with E-state index in [0.717, 1.165) is 6.07 Å². The highest BCUT2D eigenvalue weighted by atomic mass is 79.9. The molecular weight excluding hydrogens is 304 g/mol. The maximum absolute atomic E-state index is 13.3. The van der Waals surface area contributed by atoms with Gasteiger partial charge in [0, 0.05) is 11.1 Å². The van der Waals surface area contributed by atoms with Crippen molar-refractivity contribution in [2.75, 3.05) is 5.73 Å². The maximum Gasteiger partial charge on any atom is 0.194 e. The largest absolute Gasteiger partial charge is 0.396 e. The number of carbonyl (C=O) groups is 1. The number of nitrogen functional groups attached to an aromatic ring is 1. The third-order valence-corrected chi connectivity index (χ3v) is 3.26. The van der Waals surface area contributed by atoms with Gasteiger partial charge in [-0.25, -0.2) is 8.78 Å². The molecule has 0 bridgehead atoms. The molecule has 2 N–H and O–H groups in total. The number of benzene rings is 2. The molecule has 0 unspecified atom stereocenters. The van der Waals surface area contributed by atoms with Gasteiger partial charge in [0.05, 0.1) is 10.2 Å². The zero-order valence-corrected chi connectivity index (χ0v) is 10.7. The monoisotopic (exact) mass is 311 g/mol. The normalized spacial score (nSPS) is 10.4. The lowest BCUT2D eigenvalue weighted by Gasteiger charge is -2.05. The van der Waals surface area contributed by atoms with E-state index >= 15 is 0 Å². The summed E-state index contributed by atoms with van der Waals surface area (Å²) in [6.07, 6.45) is 0. The molecular formula is C13H8BrF2NO. The first-order valence-corrected chi connectivity index (χ1v) is 5.83. The summed E-state index contributed by atoms with van der Waals surface area (Å²) in [4.78, 5) is 12.1. The first-order chi connectivity index (χ1) is 8.50. The van der Waals surface area contributed by atoms with Crippen LogP contribution in [0.15, 0.2) is 40.9 Å². The molecule has 0 saturated carbocycles. The molecule has 0 aromatic heterocycles. The van der Waals surface area contributed by atoms with Crippen LogP contribution in [-0.4, -0.2) is 5.78 Å². The Hall–Kier alpha value is -1.75. The zero-order valence-electron chi connectivity index (χ0n) is 9.08. The standard InChI is InChI=1S/C13H8BrF2NO/c14-12-8(2-1-3-9(12)15)13(18)7-4-5-11(17)10(16)6-7/h1-6H,17H2. The maximum atomic E-state index is 13.3. The summed E-state index contributed by atoms with van der Waals surface area (Å²) in [7, 11) is 0. The Morgan fingerprint density at radius 2 is 1.83 bits per heavy atom. The molecule has 0 amide bonds. The van der Waals surface area contributed by atoms with E-state index < -0.39 is 17.4 Å². The highest BCUT2D eigenvalue weighted by Crippen LogP contribution is 2.24. The molecule has 0 aliphatic carbocycles. The van der Waals surface area contributed by atoms with Gasteiger partial charge in [0.15, 0.2) is 5.78 Å². The van der Waals surface area contributed by atoms with Gasteiger partial charge < -0.3 is 5.73 Å². The molecule has 0 radical (unpaired) electrons. The molecule has 0 atom stereocenters. The van der Waals surface area contributed by atoms with E-state index in [1.807, 2.05) is 0 Å². The van der Waals surface area contributed by atoms with Crippen LogP contribution in [0, 0.1) is 11.6 Å². The first kappa shape index (κ1) is 12.7. The van der Waals surface area contributed by atoms with Crippen LogP contribution >= 0.6 is 15.9 Å². The van der Waals surface area contributed by atoms with E-state index in [-0.39, 0.29) is 21.3 Å². The fraction of sp³-hybridized carbons (Fsp3) is 0. The molecule has 0 heterocycles. The highest BCUT2D eigenvalue weighted by Gasteiger charge is 2.16. The lowest BCUT2D eigenvalue weighted by Crippen LogP contribution is -2.04. The molecule has 0 aliphatic heterocycles. The molecule has 5 heteroatoms. The van der Waals surface area contributed by atoms with Crippen LogP contribution < -0.4 is 5.73 Å². The number of nitrogens with two attached hydrogens (primary N) is 1. The van der Waals surface area contributed by atoms with Gasteiger partial charge in [0.1, 0.15) is 11.6 Å². The second-order valence-corrected chi connectivity index (χ2v) is 4.46. The summed E-state index contributed by atoms with van der Waals surface area (Å²) < 4.78 is 26.6. The lowest BCUT2D eigenvalue weighted by molar-refractivity contribution is 0.103. The van der Waals surface area contributed by atoms with Crippen molar-refractivity contribution in [3.8, 4) is 0 Å². The molecule has 2 rings (SSSR count). The Kier molecular flexibility index (Phi) is 3.43. The second-order valence-electron chi connectivity index (χ2n) is 3.67. The van der Waals surface area contributed by atoms with Crippen molar-refractivity contribution in [2.45, 2.75) is 0 Å². The van der Waals surface area contributed by atoms with E-state index in [1.165, 1.54) is 30.3 Å². The Morgan fingerprint density at radius 3 is 2.50 bits per heavy atom. The van der Waals surface area contributed by atoms with Crippen LogP contribution in [0.3, 0.4) is 0 Å². The van der Waals surface area contributed by atoms with Gasteiger partial charge in [-0.1, -0.05) is 6.07 Å². The van der Waals surface area contributed by atoms with Gasteiger partial charge in [-0.2, -0.15) is 0 Å². The quantitative estimate of drug-likeness (QED) is 0.681. The summed E-state index contributed by atoms with van der Waals surface area (Å²) in [5.74, 6) is -1.69. The average molecular weight is 312 g/mol. The minimum absolute atomic E-state index is 0.0372. The smallest absolute Gasteiger partial charge is 0.194 e. The summed E-state index contributed by atoms with van der Waals surface area (Å²) in [5, 5.41) is 0. The summed E-state index contributed by atoms with van der Waals surface area (Å²) in [6.45, 7) is 0. The van der Waals surface area contributed by atoms with Gasteiger partial charge in [-0.05, 0) is 46.3 Å². The number of ketones is 1. The SMILES string of the molecule is Nc1ccc(C(=O)c2cccc(F)c2Br)cc1F. The fourth-order valence-electron chi connectivity index (χ4n) is 1.50. The molecule has 92 valence electrons. The van der Waals surface area contributed by atoms with Gasteiger partial charge >= 0.3 is 0 Å². The van der Waals surface area contributed by atoms with E-state index in [4.69, 9.17) is 5.73 Å². The van der Waals surface area contributed by atoms with Crippen molar-refractivity contribution >= 4 is 27.4 Å². The molecule has 0 saturated heterocycles. The van der Waals surface area contributed by atoms with Gasteiger partial charge in [0.2, 0.25) is 0 Å². The zero-order chi connectivity index (χ0) is 13.3. The molecule has 0 aliphatic rings. The van der Waals surface area contributed by atoms with E-state index in [1.54, 1.807) is 0 Å². The van der Waals surface area contributed by atoms with E-state index in [2.05, 4.69) is 15.9 Å². The number of carbonyl (C=O) groups excluding carboxylic acids is 1. The van der Waals surface area contributed by atoms with E-state index in [9.17, 15) is 13.6 Å². The summed E-state index contributed by atoms with van der Waals surface area (Å²) in [6, 6.07) is 7.85. The number of anilines is 1. The number of hydrogen-bond acceptors (Lipinski definition) is 2. The lowest BCUT2D eigenvalue weighted by atomic mass is 10.0. The molecule has 0 fully saturated rings. The minimum Gasteiger partial charge on any atom is -0.396 e. The Bertz CT molecular complexity index is 628. The van der Waals surface area contributed by atoms with Crippen LogP contribution in [-0.2, 0) is 0 Å². The van der Waals surface area contributed by atoms with Crippen LogP contribution in [0.25, 0.3) is 0 Å². The van der Waals surface area contributed by atoms with E-state index in [0.29, 0.717) is 0 Å². The van der Waals surface area contributed by atoms with Crippen LogP contribution in [0.4, 0.5) is 14.5 Å². The number of rotatable bonds is 2. The van der Waals surface area contributed by atoms with Crippen molar-refractivity contribution in [1.29, 1.82) is 0 Å². The van der Waals surface area contributed by atoms with Crippen molar-refractivity contribution in [2.24, 2.45) is 0 Å². The molecule has 0 spiro atoms. The van der Waals surface area contributed by atoms with Crippen molar-refractivity contribution in [3.05, 3.63) is 63.6 Å². The third kappa shape index (κ3) is 2.26. The number of hydrogen-bond donors (Lipinski definition) is 1. The van der Waals surface area contributed by atoms with Gasteiger partial charge in [-0.15, -0.1) is 0 Å². The van der Waals surface area contributed by atoms with Crippen LogP contribution in [0.5, 0.6) is 0 Å². The average Bonchev–Trinajstić information content (AvgIpc) is 2.35. The van der Waals surface area contributed by atoms with Crippen molar-refractivity contribution in [1.82, 2.24) is 0 Å². The van der Waals surface area contributed by atoms with Crippen LogP contribution in [0.2, 0.25) is 0 Å². The first-order valence-electron chi connectivity index (χ1n) is 5.04. The highest BCUT2D eigenvalue weighted by molar-refractivity contribution is 9.10. The molecule has 2 nitrogen and oxygen atoms in total. The Balaban J connectivity index is 2.48. The molecule has 18 heavy (non-hydrogen) atoms. The summed E-state index contributed by atoms with van der Waals surface area (Å²) >= 11 is 3.00. The third-order valence-electron chi connectivity index (χ3n) is 2.46. The second kappa shape index (κ2) is 4.86.